The van der Waals surface area contributed by atoms with E-state index in [0.29, 0.717) is 19.4 Å². The number of aromatic nitrogens is 2. The maximum Gasteiger partial charge on any atom is 0.248 e. The Balaban J connectivity index is 1.49. The standard InChI is InChI=1S/C27H45N5O3/c1-5-7-15-31-25(34)23(24(33)21-11-9-8-10-12-21)28-26(35)27(31)13-16-30(17-14-27)18-22-19(3)29-32(6-2)20(22)4/h21,23-24,33H,5-18H2,1-4H3,(H,28,35). The summed E-state index contributed by atoms with van der Waals surface area (Å²) in [6, 6.07) is -0.809. The minimum Gasteiger partial charge on any atom is -0.390 e. The second kappa shape index (κ2) is 11.0. The van der Waals surface area contributed by atoms with Crippen molar-refractivity contribution in [3.63, 3.8) is 0 Å². The van der Waals surface area contributed by atoms with Crippen LogP contribution in [0.2, 0.25) is 0 Å². The van der Waals surface area contributed by atoms with Gasteiger partial charge in [0, 0.05) is 44.0 Å². The number of nitrogens with one attached hydrogen (secondary N) is 1. The average Bonchev–Trinajstić information content (AvgIpc) is 3.15. The summed E-state index contributed by atoms with van der Waals surface area (Å²) in [7, 11) is 0. The van der Waals surface area contributed by atoms with E-state index in [-0.39, 0.29) is 17.7 Å². The van der Waals surface area contributed by atoms with Crippen LogP contribution in [0.15, 0.2) is 0 Å². The van der Waals surface area contributed by atoms with E-state index >= 15 is 0 Å². The van der Waals surface area contributed by atoms with Gasteiger partial charge in [-0.2, -0.15) is 5.10 Å². The average molecular weight is 488 g/mol. The Morgan fingerprint density at radius 1 is 1.11 bits per heavy atom. The number of amides is 2. The van der Waals surface area contributed by atoms with Crippen LogP contribution in [0.3, 0.4) is 0 Å². The molecular weight excluding hydrogens is 442 g/mol. The smallest absolute Gasteiger partial charge is 0.248 e. The molecule has 2 unspecified atom stereocenters. The zero-order valence-electron chi connectivity index (χ0n) is 22.2. The predicted octanol–water partition coefficient (Wildman–Crippen LogP) is 2.92. The van der Waals surface area contributed by atoms with Crippen molar-refractivity contribution in [1.82, 2.24) is 24.9 Å². The van der Waals surface area contributed by atoms with Crippen LogP contribution in [0, 0.1) is 19.8 Å². The molecule has 1 aliphatic carbocycles. The van der Waals surface area contributed by atoms with Gasteiger partial charge in [-0.25, -0.2) is 0 Å². The Morgan fingerprint density at radius 3 is 2.40 bits per heavy atom. The second-order valence-electron chi connectivity index (χ2n) is 11.0. The first-order chi connectivity index (χ1) is 16.8. The molecule has 0 bridgehead atoms. The molecule has 1 aromatic rings. The third-order valence-corrected chi connectivity index (χ3v) is 8.86. The molecule has 2 atom stereocenters. The van der Waals surface area contributed by atoms with Crippen LogP contribution >= 0.6 is 0 Å². The number of aliphatic hydroxyl groups excluding tert-OH is 1. The van der Waals surface area contributed by atoms with Crippen molar-refractivity contribution in [3.05, 3.63) is 17.0 Å². The summed E-state index contributed by atoms with van der Waals surface area (Å²) >= 11 is 0. The molecule has 1 spiro atoms. The fraction of sp³-hybridized carbons (Fsp3) is 0.815. The van der Waals surface area contributed by atoms with E-state index in [9.17, 15) is 14.7 Å². The molecular formula is C27H45N5O3. The van der Waals surface area contributed by atoms with E-state index in [1.54, 1.807) is 0 Å². The van der Waals surface area contributed by atoms with Crippen LogP contribution in [-0.2, 0) is 22.7 Å². The van der Waals surface area contributed by atoms with Gasteiger partial charge in [-0.15, -0.1) is 0 Å². The molecule has 2 N–H and O–H groups in total. The number of rotatable bonds is 8. The number of hydrogen-bond acceptors (Lipinski definition) is 5. The summed E-state index contributed by atoms with van der Waals surface area (Å²) in [6.07, 6.45) is 7.52. The largest absolute Gasteiger partial charge is 0.390 e. The summed E-state index contributed by atoms with van der Waals surface area (Å²) in [5.41, 5.74) is 2.74. The number of carbonyl (C=O) groups excluding carboxylic acids is 2. The number of carbonyl (C=O) groups is 2. The van der Waals surface area contributed by atoms with Gasteiger partial charge in [0.1, 0.15) is 11.6 Å². The summed E-state index contributed by atoms with van der Waals surface area (Å²) in [5.74, 6) is -0.0585. The first kappa shape index (κ1) is 26.1. The van der Waals surface area contributed by atoms with Crippen LogP contribution in [0.25, 0.3) is 0 Å². The van der Waals surface area contributed by atoms with Crippen LogP contribution in [-0.4, -0.2) is 73.8 Å². The van der Waals surface area contributed by atoms with Gasteiger partial charge < -0.3 is 15.3 Å². The molecule has 1 saturated carbocycles. The van der Waals surface area contributed by atoms with Crippen molar-refractivity contribution in [2.75, 3.05) is 19.6 Å². The third-order valence-electron chi connectivity index (χ3n) is 8.86. The van der Waals surface area contributed by atoms with Crippen molar-refractivity contribution >= 4 is 11.8 Å². The highest BCUT2D eigenvalue weighted by Gasteiger charge is 2.55. The van der Waals surface area contributed by atoms with E-state index in [2.05, 4.69) is 43.0 Å². The Hall–Kier alpha value is -1.93. The second-order valence-corrected chi connectivity index (χ2v) is 11.0. The summed E-state index contributed by atoms with van der Waals surface area (Å²) in [5, 5.41) is 18.8. The van der Waals surface area contributed by atoms with Crippen LogP contribution in [0.4, 0.5) is 0 Å². The molecule has 3 fully saturated rings. The Labute approximate surface area is 210 Å². The molecule has 8 heteroatoms. The molecule has 3 heterocycles. The minimum atomic E-state index is -0.809. The lowest BCUT2D eigenvalue weighted by atomic mass is 9.78. The lowest BCUT2D eigenvalue weighted by Crippen LogP contribution is -2.75. The molecule has 4 rings (SSSR count). The van der Waals surface area contributed by atoms with Gasteiger partial charge in [-0.3, -0.25) is 19.2 Å². The minimum absolute atomic E-state index is 0.0705. The molecule has 0 aromatic carbocycles. The number of unbranched alkanes of at least 4 members (excludes halogenated alkanes) is 1. The fourth-order valence-electron chi connectivity index (χ4n) is 6.53. The number of piperidine rings is 1. The van der Waals surface area contributed by atoms with E-state index in [4.69, 9.17) is 0 Å². The summed E-state index contributed by atoms with van der Waals surface area (Å²) in [4.78, 5) is 31.7. The Kier molecular flexibility index (Phi) is 8.21. The van der Waals surface area contributed by atoms with Crippen molar-refractivity contribution < 1.29 is 14.7 Å². The van der Waals surface area contributed by atoms with Gasteiger partial charge >= 0.3 is 0 Å². The van der Waals surface area contributed by atoms with Gasteiger partial charge in [0.15, 0.2) is 0 Å². The number of nitrogens with zero attached hydrogens (tertiary/aromatic N) is 4. The number of likely N-dealkylation sites (tertiary alicyclic amines) is 1. The van der Waals surface area contributed by atoms with Crippen molar-refractivity contribution in [1.29, 1.82) is 0 Å². The van der Waals surface area contributed by atoms with E-state index < -0.39 is 17.7 Å². The molecule has 2 amide bonds. The van der Waals surface area contributed by atoms with Gasteiger partial charge in [-0.1, -0.05) is 32.6 Å². The molecule has 196 valence electrons. The topological polar surface area (TPSA) is 90.7 Å². The van der Waals surface area contributed by atoms with Crippen LogP contribution in [0.5, 0.6) is 0 Å². The highest BCUT2D eigenvalue weighted by atomic mass is 16.3. The quantitative estimate of drug-likeness (QED) is 0.588. The van der Waals surface area contributed by atoms with Crippen molar-refractivity contribution in [2.45, 2.75) is 116 Å². The van der Waals surface area contributed by atoms with Gasteiger partial charge in [0.05, 0.1) is 11.8 Å². The van der Waals surface area contributed by atoms with Gasteiger partial charge in [0.25, 0.3) is 0 Å². The molecule has 0 radical (unpaired) electrons. The third kappa shape index (κ3) is 5.01. The number of aryl methyl sites for hydroxylation is 2. The maximum absolute atomic E-state index is 13.8. The SMILES string of the molecule is CCCCN1C(=O)C(C(O)C2CCCCC2)NC(=O)C12CCN(Cc1c(C)nn(CC)c1C)CC2. The molecule has 8 nitrogen and oxygen atoms in total. The fourth-order valence-corrected chi connectivity index (χ4v) is 6.53. The first-order valence-corrected chi connectivity index (χ1v) is 13.9. The van der Waals surface area contributed by atoms with Crippen molar-refractivity contribution in [3.8, 4) is 0 Å². The normalized spacial score (nSPS) is 24.7. The van der Waals surface area contributed by atoms with E-state index in [1.807, 2.05) is 9.58 Å². The molecule has 2 saturated heterocycles. The highest BCUT2D eigenvalue weighted by molar-refractivity contribution is 6.00. The predicted molar refractivity (Wildman–Crippen MR) is 136 cm³/mol. The van der Waals surface area contributed by atoms with Crippen molar-refractivity contribution in [2.24, 2.45) is 5.92 Å². The van der Waals surface area contributed by atoms with E-state index in [1.165, 1.54) is 17.7 Å². The zero-order valence-corrected chi connectivity index (χ0v) is 22.2. The Bertz CT molecular complexity index is 899. The molecule has 2 aliphatic heterocycles. The van der Waals surface area contributed by atoms with Crippen LogP contribution < -0.4 is 5.32 Å². The lowest BCUT2D eigenvalue weighted by Gasteiger charge is -2.52. The zero-order chi connectivity index (χ0) is 25.2. The number of aliphatic hydroxyl groups is 1. The lowest BCUT2D eigenvalue weighted by molar-refractivity contribution is -0.166. The number of piperazine rings is 1. The van der Waals surface area contributed by atoms with Gasteiger partial charge in [-0.05, 0) is 58.8 Å². The van der Waals surface area contributed by atoms with Crippen LogP contribution in [0.1, 0.15) is 88.6 Å². The molecule has 35 heavy (non-hydrogen) atoms. The number of hydrogen-bond donors (Lipinski definition) is 2. The highest BCUT2D eigenvalue weighted by Crippen LogP contribution is 2.36. The maximum atomic E-state index is 13.8. The molecule has 3 aliphatic rings. The summed E-state index contributed by atoms with van der Waals surface area (Å²) < 4.78 is 2.05. The summed E-state index contributed by atoms with van der Waals surface area (Å²) in [6.45, 7) is 12.2. The Morgan fingerprint density at radius 2 is 1.80 bits per heavy atom. The van der Waals surface area contributed by atoms with Gasteiger partial charge in [0.2, 0.25) is 11.8 Å². The van der Waals surface area contributed by atoms with E-state index in [0.717, 1.165) is 70.4 Å². The first-order valence-electron chi connectivity index (χ1n) is 13.9. The monoisotopic (exact) mass is 487 g/mol. The molecule has 1 aromatic heterocycles.